The van der Waals surface area contributed by atoms with Crippen LogP contribution < -0.4 is 15.9 Å². The number of allylic oxidation sites excluding steroid dienone is 2. The monoisotopic (exact) mass is 394 g/mol. The van der Waals surface area contributed by atoms with Crippen molar-refractivity contribution in [1.82, 2.24) is 0 Å². The molecule has 24 heavy (non-hydrogen) atoms. The summed E-state index contributed by atoms with van der Waals surface area (Å²) in [5.74, 6) is 2.30. The molecule has 0 saturated heterocycles. The van der Waals surface area contributed by atoms with Gasteiger partial charge in [0, 0.05) is 0 Å². The fraction of sp³-hybridized carbons (Fsp3) is 0. The van der Waals surface area contributed by atoms with E-state index in [0.29, 0.717) is 0 Å². The second kappa shape index (κ2) is 6.89. The molecule has 3 aromatic carbocycles. The molecule has 0 aliphatic carbocycles. The molecule has 0 N–H and O–H groups in total. The number of benzene rings is 3. The van der Waals surface area contributed by atoms with Crippen LogP contribution in [0.1, 0.15) is 0 Å². The SMILES string of the molecule is C=CC=CP(Br)(c1ccccc1)(c1ccccc1)c1ccccc1. The fourth-order valence-corrected chi connectivity index (χ4v) is 9.74. The Labute approximate surface area is 152 Å². The molecule has 0 spiro atoms. The number of rotatable bonds is 5. The van der Waals surface area contributed by atoms with Crippen molar-refractivity contribution in [2.45, 2.75) is 0 Å². The van der Waals surface area contributed by atoms with E-state index >= 15 is 0 Å². The van der Waals surface area contributed by atoms with Gasteiger partial charge in [0.25, 0.3) is 0 Å². The third-order valence-electron chi connectivity index (χ3n) is 4.29. The number of hydrogen-bond donors (Lipinski definition) is 0. The van der Waals surface area contributed by atoms with Gasteiger partial charge in [-0.2, -0.15) is 0 Å². The van der Waals surface area contributed by atoms with Crippen LogP contribution in [0.2, 0.25) is 0 Å². The molecule has 0 aliphatic heterocycles. The molecular formula is C22H20BrP. The molecule has 0 fully saturated rings. The van der Waals surface area contributed by atoms with Gasteiger partial charge in [-0.15, -0.1) is 0 Å². The molecular weight excluding hydrogens is 375 g/mol. The summed E-state index contributed by atoms with van der Waals surface area (Å²) >= 11 is 4.31. The van der Waals surface area contributed by atoms with E-state index in [-0.39, 0.29) is 0 Å². The van der Waals surface area contributed by atoms with E-state index in [1.54, 1.807) is 0 Å². The first-order chi connectivity index (χ1) is 11.7. The summed E-state index contributed by atoms with van der Waals surface area (Å²) in [6.07, 6.45) is 3.90. The molecule has 0 aliphatic rings. The number of hydrogen-bond acceptors (Lipinski definition) is 0. The van der Waals surface area contributed by atoms with Crippen LogP contribution in [0.15, 0.2) is 116 Å². The Hall–Kier alpha value is -1.95. The molecule has 0 radical (unpaired) electrons. The van der Waals surface area contributed by atoms with Crippen molar-refractivity contribution < 1.29 is 0 Å². The third kappa shape index (κ3) is 2.69. The standard InChI is InChI=1S/C22H20BrP/c1-2-3-19-24(23,20-13-7-4-8-14-20,21-15-9-5-10-16-21)22-17-11-6-12-18-22/h2-19H,1H2. The Morgan fingerprint density at radius 3 is 1.25 bits per heavy atom. The molecule has 2 heteroatoms. The molecule has 3 rings (SSSR count). The summed E-state index contributed by atoms with van der Waals surface area (Å²) in [6.45, 7) is 3.89. The van der Waals surface area contributed by atoms with Gasteiger partial charge in [0.2, 0.25) is 0 Å². The first kappa shape index (κ1) is 16.9. The Bertz CT molecular complexity index is 739. The van der Waals surface area contributed by atoms with Crippen LogP contribution in [-0.2, 0) is 0 Å². The van der Waals surface area contributed by atoms with E-state index in [1.165, 1.54) is 15.9 Å². The molecule has 3 aromatic rings. The normalized spacial score (nSPS) is 13.3. The molecule has 0 nitrogen and oxygen atoms in total. The summed E-state index contributed by atoms with van der Waals surface area (Å²) in [5, 5.41) is 0.939. The summed E-state index contributed by atoms with van der Waals surface area (Å²) < 4.78 is 0. The second-order valence-corrected chi connectivity index (χ2v) is 14.1. The molecule has 0 heterocycles. The van der Waals surface area contributed by atoms with Crippen LogP contribution in [0.4, 0.5) is 0 Å². The van der Waals surface area contributed by atoms with E-state index < -0.39 is 5.31 Å². The van der Waals surface area contributed by atoms with Crippen molar-refractivity contribution in [2.24, 2.45) is 0 Å². The van der Waals surface area contributed by atoms with Gasteiger partial charge in [-0.25, -0.2) is 0 Å². The van der Waals surface area contributed by atoms with E-state index in [1.807, 2.05) is 6.08 Å². The van der Waals surface area contributed by atoms with Gasteiger partial charge in [-0.1, -0.05) is 0 Å². The summed E-state index contributed by atoms with van der Waals surface area (Å²) in [5.41, 5.74) is 0. The molecule has 0 bridgehead atoms. The zero-order valence-electron chi connectivity index (χ0n) is 13.4. The van der Waals surface area contributed by atoms with E-state index in [9.17, 15) is 0 Å². The van der Waals surface area contributed by atoms with Crippen molar-refractivity contribution in [1.29, 1.82) is 0 Å². The maximum absolute atomic E-state index is 4.31. The van der Waals surface area contributed by atoms with Crippen LogP contribution in [0.25, 0.3) is 0 Å². The van der Waals surface area contributed by atoms with Crippen molar-refractivity contribution in [2.75, 3.05) is 0 Å². The van der Waals surface area contributed by atoms with Crippen molar-refractivity contribution in [3.05, 3.63) is 116 Å². The van der Waals surface area contributed by atoms with Crippen LogP contribution in [-0.4, -0.2) is 0 Å². The molecule has 0 unspecified atom stereocenters. The molecule has 0 aromatic heterocycles. The quantitative estimate of drug-likeness (QED) is 0.394. The number of halogens is 1. The van der Waals surface area contributed by atoms with Gasteiger partial charge in [0.15, 0.2) is 0 Å². The molecule has 0 saturated carbocycles. The minimum atomic E-state index is -2.89. The molecule has 0 atom stereocenters. The van der Waals surface area contributed by atoms with Crippen molar-refractivity contribution >= 4 is 36.7 Å². The summed E-state index contributed by atoms with van der Waals surface area (Å²) in [7, 11) is 0. The van der Waals surface area contributed by atoms with Crippen molar-refractivity contribution in [3.63, 3.8) is 0 Å². The van der Waals surface area contributed by atoms with E-state index in [0.717, 1.165) is 0 Å². The van der Waals surface area contributed by atoms with E-state index in [4.69, 9.17) is 0 Å². The van der Waals surface area contributed by atoms with Gasteiger partial charge in [-0.05, 0) is 0 Å². The molecule has 120 valence electrons. The zero-order valence-corrected chi connectivity index (χ0v) is 15.9. The van der Waals surface area contributed by atoms with Crippen LogP contribution in [0.3, 0.4) is 0 Å². The fourth-order valence-electron chi connectivity index (χ4n) is 3.09. The average molecular weight is 395 g/mol. The topological polar surface area (TPSA) is 0 Å². The maximum atomic E-state index is 4.31. The Morgan fingerprint density at radius 1 is 0.625 bits per heavy atom. The summed E-state index contributed by atoms with van der Waals surface area (Å²) in [4.78, 5) is 0. The van der Waals surface area contributed by atoms with Gasteiger partial charge in [0.05, 0.1) is 0 Å². The summed E-state index contributed by atoms with van der Waals surface area (Å²) in [6, 6.07) is 32.0. The van der Waals surface area contributed by atoms with Gasteiger partial charge < -0.3 is 0 Å². The average Bonchev–Trinajstić information content (AvgIpc) is 2.68. The van der Waals surface area contributed by atoms with Crippen LogP contribution in [0.5, 0.6) is 0 Å². The first-order valence-corrected chi connectivity index (χ1v) is 12.2. The molecule has 0 amide bonds. The van der Waals surface area contributed by atoms with Crippen molar-refractivity contribution in [3.8, 4) is 0 Å². The first-order valence-electron chi connectivity index (χ1n) is 7.91. The Balaban J connectivity index is 2.47. The van der Waals surface area contributed by atoms with Gasteiger partial charge in [-0.3, -0.25) is 0 Å². The van der Waals surface area contributed by atoms with Gasteiger partial charge >= 0.3 is 152 Å². The van der Waals surface area contributed by atoms with Crippen LogP contribution in [0, 0.1) is 0 Å². The zero-order chi connectivity index (χ0) is 16.9. The van der Waals surface area contributed by atoms with Crippen LogP contribution >= 0.6 is 20.8 Å². The van der Waals surface area contributed by atoms with Gasteiger partial charge in [0.1, 0.15) is 0 Å². The Kier molecular flexibility index (Phi) is 4.85. The third-order valence-corrected chi connectivity index (χ3v) is 13.3. The predicted molar refractivity (Wildman–Crippen MR) is 113 cm³/mol. The second-order valence-electron chi connectivity index (χ2n) is 5.66. The predicted octanol–water partition coefficient (Wildman–Crippen LogP) is 5.53. The Morgan fingerprint density at radius 2 is 0.958 bits per heavy atom. The van der Waals surface area contributed by atoms with E-state index in [2.05, 4.69) is 125 Å². The minimum absolute atomic E-state index is 1.28.